The van der Waals surface area contributed by atoms with E-state index in [4.69, 9.17) is 0 Å². The van der Waals surface area contributed by atoms with E-state index in [1.54, 1.807) is 0 Å². The van der Waals surface area contributed by atoms with Crippen molar-refractivity contribution in [3.8, 4) is 0 Å². The van der Waals surface area contributed by atoms with Crippen LogP contribution < -0.4 is 5.32 Å². The fraction of sp³-hybridized carbons (Fsp3) is 0.400. The van der Waals surface area contributed by atoms with Crippen molar-refractivity contribution < 1.29 is 22.8 Å². The molecule has 2 N–H and O–H groups in total. The van der Waals surface area contributed by atoms with Gasteiger partial charge < -0.3 is 10.4 Å². The van der Waals surface area contributed by atoms with E-state index in [1.807, 2.05) is 0 Å². The lowest BCUT2D eigenvalue weighted by molar-refractivity contribution is -0.388. The van der Waals surface area contributed by atoms with Crippen molar-refractivity contribution in [3.63, 3.8) is 0 Å². The summed E-state index contributed by atoms with van der Waals surface area (Å²) in [6.07, 6.45) is -1.32. The molecule has 0 amide bonds. The Morgan fingerprint density at radius 3 is 2.71 bits per heavy atom. The van der Waals surface area contributed by atoms with Crippen LogP contribution in [-0.2, 0) is 10.0 Å². The van der Waals surface area contributed by atoms with Crippen LogP contribution in [0, 0.1) is 15.9 Å². The molecule has 1 aliphatic rings. The quantitative estimate of drug-likeness (QED) is 0.594. The summed E-state index contributed by atoms with van der Waals surface area (Å²) >= 11 is 0. The van der Waals surface area contributed by atoms with Gasteiger partial charge in [-0.1, -0.05) is 0 Å². The largest absolute Gasteiger partial charge is 0.376 e. The highest BCUT2D eigenvalue weighted by molar-refractivity contribution is 7.89. The fourth-order valence-corrected chi connectivity index (χ4v) is 3.55. The Balaban J connectivity index is 0.00000220. The van der Waals surface area contributed by atoms with E-state index >= 15 is 0 Å². The topological polar surface area (TPSA) is 113 Å². The summed E-state index contributed by atoms with van der Waals surface area (Å²) < 4.78 is 38.5. The first kappa shape index (κ1) is 17.7. The van der Waals surface area contributed by atoms with Gasteiger partial charge in [-0.3, -0.25) is 10.1 Å². The maximum atomic E-state index is 13.0. The van der Waals surface area contributed by atoms with E-state index < -0.39 is 37.6 Å². The first-order valence-electron chi connectivity index (χ1n) is 5.68. The number of nitrogens with zero attached hydrogens (tertiary/aromatic N) is 2. The summed E-state index contributed by atoms with van der Waals surface area (Å²) in [7, 11) is -4.27. The van der Waals surface area contributed by atoms with Crippen LogP contribution in [0.5, 0.6) is 0 Å². The van der Waals surface area contributed by atoms with Crippen LogP contribution in [0.1, 0.15) is 0 Å². The molecule has 0 aliphatic carbocycles. The second kappa shape index (κ2) is 6.62. The van der Waals surface area contributed by atoms with Gasteiger partial charge in [0.05, 0.1) is 11.0 Å². The molecule has 0 bridgehead atoms. The number of benzene rings is 1. The highest BCUT2D eigenvalue weighted by atomic mass is 35.5. The molecule has 1 atom stereocenters. The summed E-state index contributed by atoms with van der Waals surface area (Å²) in [5.74, 6) is -0.906. The van der Waals surface area contributed by atoms with Gasteiger partial charge in [-0.25, -0.2) is 12.8 Å². The smallest absolute Gasteiger partial charge is 0.292 e. The predicted octanol–water partition coefficient (Wildman–Crippen LogP) is 0.0680. The molecule has 21 heavy (non-hydrogen) atoms. The molecule has 1 aromatic carbocycles. The van der Waals surface area contributed by atoms with Crippen molar-refractivity contribution in [2.75, 3.05) is 19.6 Å². The van der Waals surface area contributed by atoms with Crippen molar-refractivity contribution in [3.05, 3.63) is 34.1 Å². The Hall–Kier alpha value is -1.33. The van der Waals surface area contributed by atoms with Crippen LogP contribution in [-0.4, -0.2) is 48.6 Å². The van der Waals surface area contributed by atoms with Crippen LogP contribution >= 0.6 is 12.4 Å². The maximum absolute atomic E-state index is 13.0. The van der Waals surface area contributed by atoms with Gasteiger partial charge in [-0.2, -0.15) is 4.31 Å². The Labute approximate surface area is 126 Å². The number of β-amino-alcohol motifs (C(OH)–C–C–N with tert-alkyl or cyclic N) is 1. The van der Waals surface area contributed by atoms with Crippen LogP contribution in [0.2, 0.25) is 0 Å². The lowest BCUT2D eigenvalue weighted by Gasteiger charge is -2.31. The highest BCUT2D eigenvalue weighted by Crippen LogP contribution is 2.28. The molecule has 0 radical (unpaired) electrons. The molecule has 1 fully saturated rings. The Morgan fingerprint density at radius 2 is 2.14 bits per heavy atom. The number of hydrogen-bond acceptors (Lipinski definition) is 6. The van der Waals surface area contributed by atoms with E-state index in [1.165, 1.54) is 0 Å². The first-order chi connectivity index (χ1) is 9.34. The number of nitrogens with one attached hydrogen (secondary N) is 1. The van der Waals surface area contributed by atoms with Gasteiger partial charge >= 0.3 is 0 Å². The van der Waals surface area contributed by atoms with Crippen LogP contribution in [0.15, 0.2) is 23.1 Å². The summed E-state index contributed by atoms with van der Waals surface area (Å²) in [4.78, 5) is 9.26. The second-order valence-electron chi connectivity index (χ2n) is 4.17. The number of nitro benzene ring substituents is 1. The van der Waals surface area contributed by atoms with Crippen molar-refractivity contribution in [1.29, 1.82) is 0 Å². The minimum Gasteiger partial charge on any atom is -0.376 e. The van der Waals surface area contributed by atoms with Crippen LogP contribution in [0.4, 0.5) is 10.1 Å². The fourth-order valence-electron chi connectivity index (χ4n) is 1.93. The van der Waals surface area contributed by atoms with Crippen molar-refractivity contribution in [2.24, 2.45) is 0 Å². The molecule has 11 heteroatoms. The molecule has 118 valence electrons. The van der Waals surface area contributed by atoms with Gasteiger partial charge in [0.15, 0.2) is 4.90 Å². The SMILES string of the molecule is Cl.O=[N+]([O-])c1cc(F)ccc1S(=O)(=O)N1CCNCC1O. The van der Waals surface area contributed by atoms with Gasteiger partial charge in [0.25, 0.3) is 15.7 Å². The number of sulfonamides is 1. The lowest BCUT2D eigenvalue weighted by Crippen LogP contribution is -2.53. The zero-order valence-electron chi connectivity index (χ0n) is 10.6. The third-order valence-electron chi connectivity index (χ3n) is 2.87. The first-order valence-corrected chi connectivity index (χ1v) is 7.12. The van der Waals surface area contributed by atoms with Gasteiger partial charge in [0.2, 0.25) is 0 Å². The van der Waals surface area contributed by atoms with Crippen molar-refractivity contribution in [2.45, 2.75) is 11.1 Å². The molecule has 1 unspecified atom stereocenters. The Kier molecular flexibility index (Phi) is 5.59. The average Bonchev–Trinajstić information content (AvgIpc) is 2.38. The van der Waals surface area contributed by atoms with E-state index in [-0.39, 0.29) is 25.5 Å². The molecule has 1 saturated heterocycles. The van der Waals surface area contributed by atoms with E-state index in [0.29, 0.717) is 12.6 Å². The summed E-state index contributed by atoms with van der Waals surface area (Å²) in [5, 5.41) is 23.3. The van der Waals surface area contributed by atoms with Crippen LogP contribution in [0.3, 0.4) is 0 Å². The second-order valence-corrected chi connectivity index (χ2v) is 6.03. The molecule has 1 aliphatic heterocycles. The summed E-state index contributed by atoms with van der Waals surface area (Å²) in [5.41, 5.74) is -0.851. The Bertz CT molecular complexity index is 642. The van der Waals surface area contributed by atoms with Crippen molar-refractivity contribution >= 4 is 28.1 Å². The van der Waals surface area contributed by atoms with Gasteiger partial charge in [0.1, 0.15) is 12.0 Å². The number of rotatable bonds is 3. The number of halogens is 2. The number of hydrogen-bond donors (Lipinski definition) is 2. The Morgan fingerprint density at radius 1 is 1.48 bits per heavy atom. The normalized spacial score (nSPS) is 19.8. The average molecular weight is 342 g/mol. The number of aliphatic hydroxyl groups excluding tert-OH is 1. The molecule has 0 saturated carbocycles. The zero-order chi connectivity index (χ0) is 14.9. The molecule has 1 heterocycles. The molecule has 8 nitrogen and oxygen atoms in total. The standard InChI is InChI=1S/C10H12FN3O5S.ClH/c11-7-1-2-9(8(5-7)14(16)17)20(18,19)13-4-3-12-6-10(13)15;/h1-2,5,10,12,15H,3-4,6H2;1H. The maximum Gasteiger partial charge on any atom is 0.292 e. The molecule has 1 aromatic rings. The van der Waals surface area contributed by atoms with Gasteiger partial charge in [-0.05, 0) is 12.1 Å². The third-order valence-corrected chi connectivity index (χ3v) is 4.82. The molecule has 2 rings (SSSR count). The van der Waals surface area contributed by atoms with Gasteiger partial charge in [0, 0.05) is 19.6 Å². The van der Waals surface area contributed by atoms with Crippen LogP contribution in [0.25, 0.3) is 0 Å². The van der Waals surface area contributed by atoms with E-state index in [0.717, 1.165) is 16.4 Å². The van der Waals surface area contributed by atoms with Crippen molar-refractivity contribution in [1.82, 2.24) is 9.62 Å². The molecular weight excluding hydrogens is 329 g/mol. The third kappa shape index (κ3) is 3.47. The number of aliphatic hydroxyl groups is 1. The highest BCUT2D eigenvalue weighted by Gasteiger charge is 2.36. The monoisotopic (exact) mass is 341 g/mol. The molecule has 0 aromatic heterocycles. The lowest BCUT2D eigenvalue weighted by atomic mass is 10.3. The molecular formula is C10H13ClFN3O5S. The van der Waals surface area contributed by atoms with Gasteiger partial charge in [-0.15, -0.1) is 12.4 Å². The number of nitro groups is 1. The minimum atomic E-state index is -4.27. The van der Waals surface area contributed by atoms with E-state index in [2.05, 4.69) is 5.32 Å². The number of piperazine rings is 1. The summed E-state index contributed by atoms with van der Waals surface area (Å²) in [6, 6.07) is 2.20. The predicted molar refractivity (Wildman–Crippen MR) is 73.1 cm³/mol. The molecule has 0 spiro atoms. The zero-order valence-corrected chi connectivity index (χ0v) is 12.2. The minimum absolute atomic E-state index is 0. The summed E-state index contributed by atoms with van der Waals surface area (Å²) in [6.45, 7) is 0.303. The van der Waals surface area contributed by atoms with E-state index in [9.17, 15) is 28.0 Å².